The van der Waals surface area contributed by atoms with Gasteiger partial charge < -0.3 is 10.1 Å². The Morgan fingerprint density at radius 1 is 1.16 bits per heavy atom. The smallest absolute Gasteiger partial charge is 0.340 e. The molecule has 2 rings (SSSR count). The number of hydrogen-bond donors (Lipinski definition) is 1. The van der Waals surface area contributed by atoms with Crippen molar-refractivity contribution in [3.8, 4) is 0 Å². The largest absolute Gasteiger partial charge is 0.452 e. The molecule has 10 nitrogen and oxygen atoms in total. The zero-order chi connectivity index (χ0) is 23.2. The molecule has 0 heterocycles. The Kier molecular flexibility index (Phi) is 8.08. The molecule has 0 radical (unpaired) electrons. The third kappa shape index (κ3) is 5.78. The minimum atomic E-state index is -3.84. The van der Waals surface area contributed by atoms with Crippen LogP contribution in [0.4, 0.5) is 11.4 Å². The summed E-state index contributed by atoms with van der Waals surface area (Å²) in [5.74, 6) is -1.83. The van der Waals surface area contributed by atoms with E-state index in [1.54, 1.807) is 13.8 Å². The Balaban J connectivity index is 2.14. The molecular weight excluding hydrogens is 450 g/mol. The molecule has 0 atom stereocenters. The van der Waals surface area contributed by atoms with Crippen molar-refractivity contribution in [2.45, 2.75) is 18.7 Å². The van der Waals surface area contributed by atoms with Crippen LogP contribution in [-0.4, -0.2) is 49.2 Å². The van der Waals surface area contributed by atoms with Crippen molar-refractivity contribution in [3.63, 3.8) is 0 Å². The van der Waals surface area contributed by atoms with Gasteiger partial charge in [-0.15, -0.1) is 0 Å². The summed E-state index contributed by atoms with van der Waals surface area (Å²) in [4.78, 5) is 34.6. The SMILES string of the molecule is CCN(CC)S(=O)(=O)c1ccc(Cl)c(C(=O)OCC(=O)Nc2ccccc2[N+](=O)[O-])c1. The third-order valence-corrected chi connectivity index (χ3v) is 6.59. The lowest BCUT2D eigenvalue weighted by Crippen LogP contribution is -2.30. The van der Waals surface area contributed by atoms with Gasteiger partial charge in [-0.2, -0.15) is 4.31 Å². The molecule has 2 aromatic carbocycles. The number of sulfonamides is 1. The zero-order valence-electron chi connectivity index (χ0n) is 16.7. The Hall–Kier alpha value is -3.02. The van der Waals surface area contributed by atoms with Crippen LogP contribution in [0.3, 0.4) is 0 Å². The number of carbonyl (C=O) groups excluding carboxylic acids is 2. The Morgan fingerprint density at radius 2 is 1.81 bits per heavy atom. The van der Waals surface area contributed by atoms with E-state index in [0.717, 1.165) is 6.07 Å². The first-order chi connectivity index (χ1) is 14.6. The third-order valence-electron chi connectivity index (χ3n) is 4.21. The molecule has 0 fully saturated rings. The van der Waals surface area contributed by atoms with Crippen molar-refractivity contribution < 1.29 is 27.7 Å². The molecule has 0 saturated carbocycles. The van der Waals surface area contributed by atoms with Crippen molar-refractivity contribution in [3.05, 3.63) is 63.2 Å². The van der Waals surface area contributed by atoms with E-state index in [2.05, 4.69) is 5.32 Å². The summed E-state index contributed by atoms with van der Waals surface area (Å²) >= 11 is 6.00. The number of esters is 1. The predicted molar refractivity (Wildman–Crippen MR) is 114 cm³/mol. The maximum atomic E-state index is 12.6. The van der Waals surface area contributed by atoms with E-state index in [1.807, 2.05) is 0 Å². The lowest BCUT2D eigenvalue weighted by molar-refractivity contribution is -0.383. The van der Waals surface area contributed by atoms with Crippen LogP contribution in [0, 0.1) is 10.1 Å². The van der Waals surface area contributed by atoms with Gasteiger partial charge in [-0.1, -0.05) is 37.6 Å². The summed E-state index contributed by atoms with van der Waals surface area (Å²) in [6.45, 7) is 3.10. The molecule has 166 valence electrons. The average molecular weight is 470 g/mol. The van der Waals surface area contributed by atoms with E-state index >= 15 is 0 Å². The van der Waals surface area contributed by atoms with Crippen LogP contribution >= 0.6 is 11.6 Å². The average Bonchev–Trinajstić information content (AvgIpc) is 2.73. The van der Waals surface area contributed by atoms with Crippen LogP contribution in [0.25, 0.3) is 0 Å². The number of halogens is 1. The van der Waals surface area contributed by atoms with E-state index in [9.17, 15) is 28.1 Å². The molecular formula is C19H20ClN3O7S. The molecule has 0 aliphatic heterocycles. The number of rotatable bonds is 9. The normalized spacial score (nSPS) is 11.2. The number of nitro groups is 1. The summed E-state index contributed by atoms with van der Waals surface area (Å²) in [7, 11) is -3.84. The fourth-order valence-electron chi connectivity index (χ4n) is 2.67. The molecule has 31 heavy (non-hydrogen) atoms. The van der Waals surface area contributed by atoms with Gasteiger partial charge >= 0.3 is 5.97 Å². The summed E-state index contributed by atoms with van der Waals surface area (Å²) < 4.78 is 31.4. The van der Waals surface area contributed by atoms with Crippen molar-refractivity contribution >= 4 is 44.9 Å². The topological polar surface area (TPSA) is 136 Å². The molecule has 0 aliphatic carbocycles. The number of hydrogen-bond acceptors (Lipinski definition) is 7. The lowest BCUT2D eigenvalue weighted by atomic mass is 10.2. The van der Waals surface area contributed by atoms with Crippen molar-refractivity contribution in [1.29, 1.82) is 0 Å². The van der Waals surface area contributed by atoms with Gasteiger partial charge in [0.05, 0.1) is 20.4 Å². The molecule has 2 aromatic rings. The number of benzene rings is 2. The van der Waals surface area contributed by atoms with Gasteiger partial charge in [0, 0.05) is 19.2 Å². The van der Waals surface area contributed by atoms with Crippen molar-refractivity contribution in [2.75, 3.05) is 25.0 Å². The molecule has 0 bridgehead atoms. The van der Waals surface area contributed by atoms with Gasteiger partial charge in [0.25, 0.3) is 11.6 Å². The number of nitro benzene ring substituents is 1. The maximum Gasteiger partial charge on any atom is 0.340 e. The van der Waals surface area contributed by atoms with Crippen LogP contribution in [0.2, 0.25) is 5.02 Å². The van der Waals surface area contributed by atoms with Crippen molar-refractivity contribution in [1.82, 2.24) is 4.31 Å². The Bertz CT molecular complexity index is 1100. The monoisotopic (exact) mass is 469 g/mol. The molecule has 1 N–H and O–H groups in total. The molecule has 12 heteroatoms. The number of para-hydroxylation sites is 2. The second-order valence-corrected chi connectivity index (χ2v) is 8.47. The Morgan fingerprint density at radius 3 is 2.42 bits per heavy atom. The number of anilines is 1. The van der Waals surface area contributed by atoms with Gasteiger partial charge in [0.2, 0.25) is 10.0 Å². The van der Waals surface area contributed by atoms with Crippen LogP contribution in [0.5, 0.6) is 0 Å². The minimum Gasteiger partial charge on any atom is -0.452 e. The highest BCUT2D eigenvalue weighted by Gasteiger charge is 2.25. The predicted octanol–water partition coefficient (Wildman–Crippen LogP) is 3.07. The number of nitrogens with zero attached hydrogens (tertiary/aromatic N) is 2. The summed E-state index contributed by atoms with van der Waals surface area (Å²) in [5, 5.41) is 13.2. The first kappa shape index (κ1) is 24.3. The lowest BCUT2D eigenvalue weighted by Gasteiger charge is -2.19. The summed E-state index contributed by atoms with van der Waals surface area (Å²) in [6, 6.07) is 9.08. The molecule has 0 saturated heterocycles. The highest BCUT2D eigenvalue weighted by molar-refractivity contribution is 7.89. The van der Waals surface area contributed by atoms with Crippen LogP contribution in [0.15, 0.2) is 47.4 Å². The van der Waals surface area contributed by atoms with E-state index in [0.29, 0.717) is 0 Å². The van der Waals surface area contributed by atoms with Gasteiger partial charge in [-0.3, -0.25) is 14.9 Å². The van der Waals surface area contributed by atoms with E-state index in [1.165, 1.54) is 40.7 Å². The highest BCUT2D eigenvalue weighted by atomic mass is 35.5. The van der Waals surface area contributed by atoms with E-state index in [4.69, 9.17) is 16.3 Å². The van der Waals surface area contributed by atoms with Crippen LogP contribution in [-0.2, 0) is 19.6 Å². The quantitative estimate of drug-likeness (QED) is 0.338. The number of carbonyl (C=O) groups is 2. The van der Waals surface area contributed by atoms with Gasteiger partial charge in [0.1, 0.15) is 5.69 Å². The van der Waals surface area contributed by atoms with Gasteiger partial charge in [-0.05, 0) is 24.3 Å². The second kappa shape index (κ2) is 10.3. The molecule has 0 unspecified atom stereocenters. The zero-order valence-corrected chi connectivity index (χ0v) is 18.3. The fourth-order valence-corrected chi connectivity index (χ4v) is 4.35. The summed E-state index contributed by atoms with van der Waals surface area (Å²) in [5.41, 5.74) is -0.605. The molecule has 0 aliphatic rings. The second-order valence-electron chi connectivity index (χ2n) is 6.13. The molecule has 1 amide bonds. The Labute approximate surface area is 184 Å². The van der Waals surface area contributed by atoms with E-state index < -0.39 is 33.4 Å². The number of amides is 1. The molecule has 0 aromatic heterocycles. The molecule has 0 spiro atoms. The standard InChI is InChI=1S/C19H20ClN3O7S/c1-3-22(4-2)31(28,29)13-9-10-15(20)14(11-13)19(25)30-12-18(24)21-16-7-5-6-8-17(16)23(26)27/h5-11H,3-4,12H2,1-2H3,(H,21,24). The number of nitrogens with one attached hydrogen (secondary N) is 1. The minimum absolute atomic E-state index is 0.0531. The van der Waals surface area contributed by atoms with Gasteiger partial charge in [0.15, 0.2) is 6.61 Å². The first-order valence-corrected chi connectivity index (χ1v) is 10.9. The van der Waals surface area contributed by atoms with Crippen LogP contribution in [0.1, 0.15) is 24.2 Å². The highest BCUT2D eigenvalue weighted by Crippen LogP contribution is 2.25. The first-order valence-electron chi connectivity index (χ1n) is 9.11. The fraction of sp³-hybridized carbons (Fsp3) is 0.263. The van der Waals surface area contributed by atoms with Crippen LogP contribution < -0.4 is 5.32 Å². The van der Waals surface area contributed by atoms with Gasteiger partial charge in [-0.25, -0.2) is 13.2 Å². The van der Waals surface area contributed by atoms with E-state index in [-0.39, 0.29) is 39.9 Å². The van der Waals surface area contributed by atoms with Crippen molar-refractivity contribution in [2.24, 2.45) is 0 Å². The number of ether oxygens (including phenoxy) is 1. The summed E-state index contributed by atoms with van der Waals surface area (Å²) in [6.07, 6.45) is 0. The maximum absolute atomic E-state index is 12.6.